The van der Waals surface area contributed by atoms with Gasteiger partial charge in [0.05, 0.1) is 17.1 Å². The van der Waals surface area contributed by atoms with Gasteiger partial charge in [-0.3, -0.25) is 4.79 Å². The van der Waals surface area contributed by atoms with Gasteiger partial charge in [0.1, 0.15) is 12.4 Å². The normalized spacial score (nSPS) is 16.6. The molecule has 0 saturated carbocycles. The van der Waals surface area contributed by atoms with Gasteiger partial charge in [-0.15, -0.1) is 5.10 Å². The van der Waals surface area contributed by atoms with Crippen LogP contribution >= 0.6 is 0 Å². The van der Waals surface area contributed by atoms with Gasteiger partial charge in [0.2, 0.25) is 11.8 Å². The van der Waals surface area contributed by atoms with Gasteiger partial charge in [0, 0.05) is 12.1 Å². The molecule has 3 heterocycles. The van der Waals surface area contributed by atoms with Crippen molar-refractivity contribution in [3.05, 3.63) is 71.0 Å². The fourth-order valence-corrected chi connectivity index (χ4v) is 3.80. The molecule has 1 amide bonds. The number of hydrogen-bond donors (Lipinski definition) is 1. The van der Waals surface area contributed by atoms with E-state index in [0.29, 0.717) is 12.1 Å². The lowest BCUT2D eigenvalue weighted by Crippen LogP contribution is -2.36. The van der Waals surface area contributed by atoms with Crippen LogP contribution in [0.3, 0.4) is 0 Å². The predicted octanol–water partition coefficient (Wildman–Crippen LogP) is 2.74. The first kappa shape index (κ1) is 17.4. The first-order chi connectivity index (χ1) is 14.2. The highest BCUT2D eigenvalue weighted by Crippen LogP contribution is 2.31. The molecule has 0 aliphatic carbocycles. The number of aromatic amines is 1. The number of para-hydroxylation sites is 2. The van der Waals surface area contributed by atoms with Crippen molar-refractivity contribution in [1.29, 1.82) is 0 Å². The van der Waals surface area contributed by atoms with Crippen LogP contribution in [0.5, 0.6) is 0 Å². The van der Waals surface area contributed by atoms with Crippen LogP contribution in [0.4, 0.5) is 0 Å². The van der Waals surface area contributed by atoms with Gasteiger partial charge in [0.25, 0.3) is 0 Å². The lowest BCUT2D eigenvalue weighted by molar-refractivity contribution is -0.133. The zero-order valence-electron chi connectivity index (χ0n) is 15.6. The predicted molar refractivity (Wildman–Crippen MR) is 106 cm³/mol. The summed E-state index contributed by atoms with van der Waals surface area (Å²) in [5.41, 5.74) is 2.51. The van der Waals surface area contributed by atoms with E-state index in [1.807, 2.05) is 42.5 Å². The molecular weight excluding hydrogens is 370 g/mol. The molecule has 8 heteroatoms. The minimum atomic E-state index is -0.642. The Morgan fingerprint density at radius 3 is 2.76 bits per heavy atom. The maximum absolute atomic E-state index is 13.0. The Balaban J connectivity index is 1.38. The lowest BCUT2D eigenvalue weighted by atomic mass is 10.2. The van der Waals surface area contributed by atoms with Crippen LogP contribution < -0.4 is 5.76 Å². The maximum Gasteiger partial charge on any atom is 0.437 e. The van der Waals surface area contributed by atoms with E-state index in [1.165, 1.54) is 0 Å². The Morgan fingerprint density at radius 2 is 1.93 bits per heavy atom. The molecule has 1 aliphatic rings. The summed E-state index contributed by atoms with van der Waals surface area (Å²) in [4.78, 5) is 34.9. The van der Waals surface area contributed by atoms with Crippen molar-refractivity contribution in [2.75, 3.05) is 6.54 Å². The third kappa shape index (κ3) is 3.22. The van der Waals surface area contributed by atoms with Crippen LogP contribution in [-0.4, -0.2) is 37.1 Å². The molecule has 5 rings (SSSR count). The minimum Gasteiger partial charge on any atom is -0.388 e. The smallest absolute Gasteiger partial charge is 0.388 e. The van der Waals surface area contributed by atoms with Gasteiger partial charge in [-0.25, -0.2) is 9.78 Å². The summed E-state index contributed by atoms with van der Waals surface area (Å²) in [5.74, 6) is 0.160. The Bertz CT molecular complexity index is 1190. The van der Waals surface area contributed by atoms with Crippen LogP contribution in [0.25, 0.3) is 22.5 Å². The van der Waals surface area contributed by atoms with Crippen molar-refractivity contribution in [3.63, 3.8) is 0 Å². The van der Waals surface area contributed by atoms with E-state index in [0.717, 1.165) is 34.4 Å². The third-order valence-electron chi connectivity index (χ3n) is 5.21. The molecule has 146 valence electrons. The highest BCUT2D eigenvalue weighted by Gasteiger charge is 2.32. The molecule has 0 radical (unpaired) electrons. The second-order valence-electron chi connectivity index (χ2n) is 7.08. The monoisotopic (exact) mass is 389 g/mol. The van der Waals surface area contributed by atoms with Gasteiger partial charge in [-0.05, 0) is 37.1 Å². The summed E-state index contributed by atoms with van der Waals surface area (Å²) in [7, 11) is 0. The van der Waals surface area contributed by atoms with Gasteiger partial charge in [-0.2, -0.15) is 4.68 Å². The molecule has 2 aromatic carbocycles. The molecule has 1 atom stereocenters. The maximum atomic E-state index is 13.0. The number of carbonyl (C=O) groups excluding carboxylic acids is 1. The minimum absolute atomic E-state index is 0.133. The van der Waals surface area contributed by atoms with Crippen molar-refractivity contribution in [1.82, 2.24) is 24.6 Å². The Morgan fingerprint density at radius 1 is 1.14 bits per heavy atom. The van der Waals surface area contributed by atoms with Crippen molar-refractivity contribution in [2.24, 2.45) is 0 Å². The van der Waals surface area contributed by atoms with E-state index in [-0.39, 0.29) is 24.4 Å². The van der Waals surface area contributed by atoms with Crippen LogP contribution in [-0.2, 0) is 11.3 Å². The third-order valence-corrected chi connectivity index (χ3v) is 5.21. The van der Waals surface area contributed by atoms with Crippen LogP contribution in [0.15, 0.2) is 63.8 Å². The Kier molecular flexibility index (Phi) is 4.23. The largest absolute Gasteiger partial charge is 0.437 e. The van der Waals surface area contributed by atoms with Crippen LogP contribution in [0, 0.1) is 0 Å². The molecule has 29 heavy (non-hydrogen) atoms. The standard InChI is InChI=1S/C21H19N5O3/c27-18(13-26-21(28)29-20(24-26)14-7-2-1-3-8-14)25-12-6-11-17(25)19-22-15-9-4-5-10-16(15)23-19/h1-5,7-10,17H,6,11-13H2,(H,22,23)/t17-/m1/s1. The number of fused-ring (bicyclic) bond motifs is 1. The average molecular weight is 389 g/mol. The molecule has 0 unspecified atom stereocenters. The summed E-state index contributed by atoms with van der Waals surface area (Å²) in [5, 5.41) is 4.19. The molecule has 1 aliphatic heterocycles. The number of H-pyrrole nitrogens is 1. The lowest BCUT2D eigenvalue weighted by Gasteiger charge is -2.22. The van der Waals surface area contributed by atoms with E-state index in [9.17, 15) is 9.59 Å². The molecule has 4 aromatic rings. The number of imidazole rings is 1. The molecular formula is C21H19N5O3. The molecule has 0 spiro atoms. The summed E-state index contributed by atoms with van der Waals surface area (Å²) in [6.45, 7) is 0.463. The fourth-order valence-electron chi connectivity index (χ4n) is 3.80. The number of nitrogens with zero attached hydrogens (tertiary/aromatic N) is 4. The van der Waals surface area contributed by atoms with Gasteiger partial charge < -0.3 is 14.3 Å². The SMILES string of the molecule is O=C(Cn1nc(-c2ccccc2)oc1=O)N1CCC[C@@H]1c1nc2ccccc2[nH]1. The van der Waals surface area contributed by atoms with Crippen molar-refractivity contribution in [3.8, 4) is 11.5 Å². The molecule has 1 fully saturated rings. The Hall–Kier alpha value is -3.68. The molecule has 2 aromatic heterocycles. The van der Waals surface area contributed by atoms with Gasteiger partial charge in [0.15, 0.2) is 0 Å². The second kappa shape index (κ2) is 7.05. The number of rotatable bonds is 4. The summed E-state index contributed by atoms with van der Waals surface area (Å²) in [6.07, 6.45) is 1.71. The molecule has 1 N–H and O–H groups in total. The summed E-state index contributed by atoms with van der Waals surface area (Å²) < 4.78 is 6.30. The van der Waals surface area contributed by atoms with E-state index in [1.54, 1.807) is 17.0 Å². The topological polar surface area (TPSA) is 97.0 Å². The zero-order valence-corrected chi connectivity index (χ0v) is 15.6. The highest BCUT2D eigenvalue weighted by atomic mass is 16.4. The molecule has 1 saturated heterocycles. The van der Waals surface area contributed by atoms with Gasteiger partial charge in [-0.1, -0.05) is 30.3 Å². The molecule has 0 bridgehead atoms. The van der Waals surface area contributed by atoms with Crippen LogP contribution in [0.1, 0.15) is 24.7 Å². The van der Waals surface area contributed by atoms with E-state index < -0.39 is 5.76 Å². The zero-order chi connectivity index (χ0) is 19.8. The number of hydrogen-bond acceptors (Lipinski definition) is 5. The summed E-state index contributed by atoms with van der Waals surface area (Å²) >= 11 is 0. The van der Waals surface area contributed by atoms with Crippen molar-refractivity contribution >= 4 is 16.9 Å². The van der Waals surface area contributed by atoms with E-state index >= 15 is 0 Å². The van der Waals surface area contributed by atoms with E-state index in [4.69, 9.17) is 4.42 Å². The number of nitrogens with one attached hydrogen (secondary N) is 1. The number of benzene rings is 2. The number of amides is 1. The summed E-state index contributed by atoms with van der Waals surface area (Å²) in [6, 6.07) is 16.8. The number of aromatic nitrogens is 4. The van der Waals surface area contributed by atoms with E-state index in [2.05, 4.69) is 15.1 Å². The highest BCUT2D eigenvalue weighted by molar-refractivity contribution is 5.78. The second-order valence-corrected chi connectivity index (χ2v) is 7.08. The molecule has 8 nitrogen and oxygen atoms in total. The number of carbonyl (C=O) groups is 1. The quantitative estimate of drug-likeness (QED) is 0.579. The average Bonchev–Trinajstić information content (AvgIpc) is 3.46. The first-order valence-corrected chi connectivity index (χ1v) is 9.56. The van der Waals surface area contributed by atoms with Crippen molar-refractivity contribution in [2.45, 2.75) is 25.4 Å². The first-order valence-electron chi connectivity index (χ1n) is 9.56. The number of likely N-dealkylation sites (tertiary alicyclic amines) is 1. The van der Waals surface area contributed by atoms with Crippen molar-refractivity contribution < 1.29 is 9.21 Å². The van der Waals surface area contributed by atoms with Crippen LogP contribution in [0.2, 0.25) is 0 Å². The fraction of sp³-hybridized carbons (Fsp3) is 0.238. The van der Waals surface area contributed by atoms with Gasteiger partial charge >= 0.3 is 5.76 Å². The Labute approximate surface area is 165 Å².